The van der Waals surface area contributed by atoms with Crippen molar-refractivity contribution in [1.29, 1.82) is 0 Å². The lowest BCUT2D eigenvalue weighted by molar-refractivity contribution is -0.141. The van der Waals surface area contributed by atoms with Gasteiger partial charge in [0.2, 0.25) is 0 Å². The number of hydrogen-bond acceptors (Lipinski definition) is 5. The third kappa shape index (κ3) is 3.90. The second kappa shape index (κ2) is 8.22. The van der Waals surface area contributed by atoms with E-state index in [0.717, 1.165) is 28.3 Å². The summed E-state index contributed by atoms with van der Waals surface area (Å²) >= 11 is 0. The van der Waals surface area contributed by atoms with E-state index < -0.39 is 12.7 Å². The Kier molecular flexibility index (Phi) is 5.48. The molecule has 0 aliphatic carbocycles. The molecule has 0 amide bonds. The summed E-state index contributed by atoms with van der Waals surface area (Å²) in [5, 5.41) is 0. The molecule has 0 unspecified atom stereocenters. The molecule has 3 aromatic rings. The predicted molar refractivity (Wildman–Crippen MR) is 107 cm³/mol. The summed E-state index contributed by atoms with van der Waals surface area (Å²) in [6, 6.07) is 10.1. The number of rotatable bonds is 6. The van der Waals surface area contributed by atoms with E-state index in [9.17, 15) is 13.6 Å². The molecule has 2 aromatic heterocycles. The minimum Gasteiger partial charge on any atom is -0.467 e. The number of aliphatic imine (C=N–C) groups is 1. The van der Waals surface area contributed by atoms with Crippen molar-refractivity contribution in [2.75, 3.05) is 7.11 Å². The maximum absolute atomic E-state index is 12.8. The molecule has 0 N–H and O–H groups in total. The van der Waals surface area contributed by atoms with Gasteiger partial charge in [0, 0.05) is 35.2 Å². The SMILES string of the molecule is COC(=O)[C@@H]1CCC(c2ccc3nc(C)c(Cc4ccccc4OC(F)F)n3c2)=N1. The zero-order chi connectivity index (χ0) is 21.3. The van der Waals surface area contributed by atoms with Crippen LogP contribution in [0.2, 0.25) is 0 Å². The van der Waals surface area contributed by atoms with Gasteiger partial charge in [0.25, 0.3) is 0 Å². The Bertz CT molecular complexity index is 1120. The molecule has 0 saturated carbocycles. The Hall–Kier alpha value is -3.29. The Balaban J connectivity index is 1.70. The number of carbonyl (C=O) groups is 1. The van der Waals surface area contributed by atoms with Crippen molar-refractivity contribution in [3.63, 3.8) is 0 Å². The third-order valence-electron chi connectivity index (χ3n) is 5.24. The zero-order valence-corrected chi connectivity index (χ0v) is 16.6. The van der Waals surface area contributed by atoms with Gasteiger partial charge < -0.3 is 13.9 Å². The Morgan fingerprint density at radius 3 is 2.83 bits per heavy atom. The molecule has 0 fully saturated rings. The fourth-order valence-electron chi connectivity index (χ4n) is 3.75. The van der Waals surface area contributed by atoms with Gasteiger partial charge in [-0.1, -0.05) is 18.2 Å². The van der Waals surface area contributed by atoms with Crippen molar-refractivity contribution in [3.05, 3.63) is 65.1 Å². The number of benzene rings is 1. The first-order valence-corrected chi connectivity index (χ1v) is 9.61. The summed E-state index contributed by atoms with van der Waals surface area (Å²) in [7, 11) is 1.36. The van der Waals surface area contributed by atoms with Crippen LogP contribution in [0.5, 0.6) is 5.75 Å². The van der Waals surface area contributed by atoms with E-state index in [1.54, 1.807) is 18.2 Å². The van der Waals surface area contributed by atoms with Crippen molar-refractivity contribution in [2.24, 2.45) is 4.99 Å². The molecule has 30 heavy (non-hydrogen) atoms. The summed E-state index contributed by atoms with van der Waals surface area (Å²) in [6.07, 6.45) is 3.61. The lowest BCUT2D eigenvalue weighted by Crippen LogP contribution is -2.16. The Morgan fingerprint density at radius 1 is 1.27 bits per heavy atom. The van der Waals surface area contributed by atoms with Crippen molar-refractivity contribution in [1.82, 2.24) is 9.38 Å². The molecule has 0 spiro atoms. The van der Waals surface area contributed by atoms with E-state index in [4.69, 9.17) is 4.74 Å². The van der Waals surface area contributed by atoms with Crippen LogP contribution < -0.4 is 4.74 Å². The zero-order valence-electron chi connectivity index (χ0n) is 16.6. The quantitative estimate of drug-likeness (QED) is 0.574. The van der Waals surface area contributed by atoms with Crippen molar-refractivity contribution in [2.45, 2.75) is 38.8 Å². The van der Waals surface area contributed by atoms with Gasteiger partial charge in [0.1, 0.15) is 17.4 Å². The number of para-hydroxylation sites is 1. The number of fused-ring (bicyclic) bond motifs is 1. The molecule has 1 aliphatic rings. The smallest absolute Gasteiger partial charge is 0.387 e. The summed E-state index contributed by atoms with van der Waals surface area (Å²) in [6.45, 7) is -0.997. The molecular weight excluding hydrogens is 392 g/mol. The van der Waals surface area contributed by atoms with E-state index >= 15 is 0 Å². The highest BCUT2D eigenvalue weighted by molar-refractivity contribution is 6.03. The number of imidazole rings is 1. The topological polar surface area (TPSA) is 65.2 Å². The second-order valence-corrected chi connectivity index (χ2v) is 7.11. The molecule has 0 saturated heterocycles. The van der Waals surface area contributed by atoms with Crippen LogP contribution in [0.3, 0.4) is 0 Å². The van der Waals surface area contributed by atoms with Gasteiger partial charge in [0.05, 0.1) is 12.8 Å². The van der Waals surface area contributed by atoms with Gasteiger partial charge in [-0.05, 0) is 38.0 Å². The van der Waals surface area contributed by atoms with Crippen LogP contribution in [0.1, 0.15) is 35.4 Å². The van der Waals surface area contributed by atoms with Crippen LogP contribution >= 0.6 is 0 Å². The number of aryl methyl sites for hydroxylation is 1. The van der Waals surface area contributed by atoms with Crippen molar-refractivity contribution < 1.29 is 23.0 Å². The first-order chi connectivity index (χ1) is 14.5. The normalized spacial score (nSPS) is 16.2. The molecule has 0 bridgehead atoms. The lowest BCUT2D eigenvalue weighted by Gasteiger charge is -2.11. The largest absolute Gasteiger partial charge is 0.467 e. The highest BCUT2D eigenvalue weighted by Gasteiger charge is 2.26. The average Bonchev–Trinajstić information content (AvgIpc) is 3.33. The first-order valence-electron chi connectivity index (χ1n) is 9.61. The number of methoxy groups -OCH3 is 1. The van der Waals surface area contributed by atoms with E-state index in [1.165, 1.54) is 13.2 Å². The van der Waals surface area contributed by atoms with E-state index in [2.05, 4.69) is 14.7 Å². The Morgan fingerprint density at radius 2 is 2.07 bits per heavy atom. The van der Waals surface area contributed by atoms with Crippen LogP contribution in [-0.4, -0.2) is 40.8 Å². The number of halogens is 2. The van der Waals surface area contributed by atoms with Gasteiger partial charge in [-0.15, -0.1) is 0 Å². The molecule has 0 radical (unpaired) electrons. The molecule has 6 nitrogen and oxygen atoms in total. The fourth-order valence-corrected chi connectivity index (χ4v) is 3.75. The fraction of sp³-hybridized carbons (Fsp3) is 0.318. The highest BCUT2D eigenvalue weighted by Crippen LogP contribution is 2.26. The monoisotopic (exact) mass is 413 g/mol. The van der Waals surface area contributed by atoms with Gasteiger partial charge >= 0.3 is 12.6 Å². The Labute approximate surface area is 172 Å². The van der Waals surface area contributed by atoms with E-state index in [1.807, 2.05) is 29.7 Å². The maximum Gasteiger partial charge on any atom is 0.387 e. The van der Waals surface area contributed by atoms with Crippen LogP contribution in [0.4, 0.5) is 8.78 Å². The molecule has 1 aromatic carbocycles. The van der Waals surface area contributed by atoms with Gasteiger partial charge in [-0.3, -0.25) is 4.99 Å². The number of alkyl halides is 2. The number of pyridine rings is 1. The second-order valence-electron chi connectivity index (χ2n) is 7.11. The van der Waals surface area contributed by atoms with Gasteiger partial charge in [0.15, 0.2) is 0 Å². The number of carbonyl (C=O) groups excluding carboxylic acids is 1. The summed E-state index contributed by atoms with van der Waals surface area (Å²) in [4.78, 5) is 20.9. The van der Waals surface area contributed by atoms with E-state index in [0.29, 0.717) is 24.8 Å². The standard InChI is InChI=1S/C22H21F2N3O3/c1-13-18(11-14-5-3-4-6-19(14)30-22(23)24)27-12-15(7-10-20(27)25-13)16-8-9-17(26-16)21(28)29-2/h3-7,10,12,17,22H,8-9,11H2,1-2H3/t17-/m0/s1. The summed E-state index contributed by atoms with van der Waals surface area (Å²) in [5.74, 6) is -0.181. The number of ether oxygens (including phenoxy) is 2. The van der Waals surface area contributed by atoms with E-state index in [-0.39, 0.29) is 11.7 Å². The number of aromatic nitrogens is 2. The molecule has 1 atom stereocenters. The number of esters is 1. The third-order valence-corrected chi connectivity index (χ3v) is 5.24. The molecule has 8 heteroatoms. The van der Waals surface area contributed by atoms with Gasteiger partial charge in [-0.25, -0.2) is 9.78 Å². The predicted octanol–water partition coefficient (Wildman–Crippen LogP) is 3.96. The molecule has 3 heterocycles. The van der Waals surface area contributed by atoms with Gasteiger partial charge in [-0.2, -0.15) is 8.78 Å². The minimum absolute atomic E-state index is 0.152. The summed E-state index contributed by atoms with van der Waals surface area (Å²) < 4.78 is 36.9. The maximum atomic E-state index is 12.8. The van der Waals surface area contributed by atoms with Crippen LogP contribution in [0.15, 0.2) is 47.6 Å². The molecule has 1 aliphatic heterocycles. The van der Waals surface area contributed by atoms with Crippen molar-refractivity contribution in [3.8, 4) is 5.75 Å². The molecular formula is C22H21F2N3O3. The summed E-state index contributed by atoms with van der Waals surface area (Å²) in [5.41, 5.74) is 4.81. The highest BCUT2D eigenvalue weighted by atomic mass is 19.3. The van der Waals surface area contributed by atoms with Crippen molar-refractivity contribution >= 4 is 17.3 Å². The minimum atomic E-state index is -2.89. The molecule has 4 rings (SSSR count). The molecule has 156 valence electrons. The number of hydrogen-bond donors (Lipinski definition) is 0. The van der Waals surface area contributed by atoms with Crippen LogP contribution in [0.25, 0.3) is 5.65 Å². The number of nitrogens with zero attached hydrogens (tertiary/aromatic N) is 3. The average molecular weight is 413 g/mol. The van der Waals surface area contributed by atoms with Crippen LogP contribution in [-0.2, 0) is 16.0 Å². The first kappa shape index (κ1) is 20.0. The van der Waals surface area contributed by atoms with Crippen LogP contribution in [0, 0.1) is 6.92 Å². The lowest BCUT2D eigenvalue weighted by atomic mass is 10.1.